The average Bonchev–Trinajstić information content (AvgIpc) is 2.76. The molecule has 1 fully saturated rings. The zero-order valence-electron chi connectivity index (χ0n) is 12.7. The molecule has 110 valence electrons. The highest BCUT2D eigenvalue weighted by Crippen LogP contribution is 2.30. The highest BCUT2D eigenvalue weighted by Gasteiger charge is 2.36. The fourth-order valence-corrected chi connectivity index (χ4v) is 2.68. The largest absolute Gasteiger partial charge is 0.334 e. The van der Waals surface area contributed by atoms with Crippen molar-refractivity contribution in [3.63, 3.8) is 0 Å². The van der Waals surface area contributed by atoms with Gasteiger partial charge in [-0.3, -0.25) is 4.79 Å². The molecule has 0 radical (unpaired) electrons. The van der Waals surface area contributed by atoms with Crippen molar-refractivity contribution in [3.8, 4) is 0 Å². The molecule has 0 saturated carbocycles. The number of nitrogens with zero attached hydrogens (tertiary/aromatic N) is 2. The van der Waals surface area contributed by atoms with Crippen molar-refractivity contribution in [2.24, 2.45) is 5.84 Å². The van der Waals surface area contributed by atoms with Crippen LogP contribution in [-0.4, -0.2) is 27.9 Å². The van der Waals surface area contributed by atoms with Crippen LogP contribution in [0.4, 0.5) is 5.82 Å². The summed E-state index contributed by atoms with van der Waals surface area (Å²) in [5, 5.41) is 0. The normalized spacial score (nSPS) is 17.6. The standard InChI is InChI=1S/C15H24N4O/c1-10(2)12-8-11(9-13(17-12)18-16)14(20)19-7-5-6-15(19,3)4/h8-10H,5-7,16H2,1-4H3,(H,17,18). The Morgan fingerprint density at radius 1 is 1.45 bits per heavy atom. The van der Waals surface area contributed by atoms with Crippen molar-refractivity contribution in [2.45, 2.75) is 52.0 Å². The number of carbonyl (C=O) groups excluding carboxylic acids is 1. The molecular weight excluding hydrogens is 252 g/mol. The fraction of sp³-hybridized carbons (Fsp3) is 0.600. The zero-order valence-corrected chi connectivity index (χ0v) is 12.7. The maximum atomic E-state index is 12.7. The van der Waals surface area contributed by atoms with Crippen molar-refractivity contribution in [1.82, 2.24) is 9.88 Å². The number of nitrogens with two attached hydrogens (primary N) is 1. The number of hydrazine groups is 1. The Balaban J connectivity index is 2.36. The van der Waals surface area contributed by atoms with Gasteiger partial charge in [-0.15, -0.1) is 0 Å². The van der Waals surface area contributed by atoms with Gasteiger partial charge in [-0.25, -0.2) is 10.8 Å². The van der Waals surface area contributed by atoms with Gasteiger partial charge >= 0.3 is 0 Å². The van der Waals surface area contributed by atoms with Crippen LogP contribution >= 0.6 is 0 Å². The van der Waals surface area contributed by atoms with Crippen LogP contribution in [0.15, 0.2) is 12.1 Å². The summed E-state index contributed by atoms with van der Waals surface area (Å²) in [5.74, 6) is 6.31. The van der Waals surface area contributed by atoms with Crippen LogP contribution < -0.4 is 11.3 Å². The van der Waals surface area contributed by atoms with Gasteiger partial charge in [0.25, 0.3) is 5.91 Å². The van der Waals surface area contributed by atoms with Crippen molar-refractivity contribution in [3.05, 3.63) is 23.4 Å². The molecule has 1 aromatic heterocycles. The number of carbonyl (C=O) groups is 1. The third-order valence-corrected chi connectivity index (χ3v) is 3.98. The minimum Gasteiger partial charge on any atom is -0.334 e. The number of amides is 1. The van der Waals surface area contributed by atoms with E-state index in [-0.39, 0.29) is 17.4 Å². The predicted octanol–water partition coefficient (Wildman–Crippen LogP) is 2.51. The van der Waals surface area contributed by atoms with Crippen LogP contribution in [0.2, 0.25) is 0 Å². The lowest BCUT2D eigenvalue weighted by Crippen LogP contribution is -2.42. The Kier molecular flexibility index (Phi) is 3.99. The molecule has 5 nitrogen and oxygen atoms in total. The monoisotopic (exact) mass is 276 g/mol. The smallest absolute Gasteiger partial charge is 0.254 e. The molecule has 20 heavy (non-hydrogen) atoms. The van der Waals surface area contributed by atoms with Gasteiger partial charge in [0.05, 0.1) is 0 Å². The first-order valence-corrected chi connectivity index (χ1v) is 7.16. The summed E-state index contributed by atoms with van der Waals surface area (Å²) in [6.45, 7) is 9.15. The van der Waals surface area contributed by atoms with Gasteiger partial charge in [0, 0.05) is 23.3 Å². The molecule has 1 aliphatic rings. The Morgan fingerprint density at radius 2 is 2.15 bits per heavy atom. The minimum absolute atomic E-state index is 0.0632. The van der Waals surface area contributed by atoms with E-state index < -0.39 is 0 Å². The summed E-state index contributed by atoms with van der Waals surface area (Å²) >= 11 is 0. The molecule has 0 spiro atoms. The highest BCUT2D eigenvalue weighted by atomic mass is 16.2. The summed E-state index contributed by atoms with van der Waals surface area (Å²) < 4.78 is 0. The maximum Gasteiger partial charge on any atom is 0.254 e. The fourth-order valence-electron chi connectivity index (χ4n) is 2.68. The molecule has 0 aliphatic carbocycles. The molecule has 0 unspecified atom stereocenters. The number of rotatable bonds is 3. The molecule has 2 heterocycles. The third-order valence-electron chi connectivity index (χ3n) is 3.98. The van der Waals surface area contributed by atoms with E-state index in [1.807, 2.05) is 11.0 Å². The molecule has 5 heteroatoms. The maximum absolute atomic E-state index is 12.7. The first-order valence-electron chi connectivity index (χ1n) is 7.16. The summed E-state index contributed by atoms with van der Waals surface area (Å²) in [6, 6.07) is 3.60. The van der Waals surface area contributed by atoms with Gasteiger partial charge in [-0.1, -0.05) is 13.8 Å². The third kappa shape index (κ3) is 2.77. The summed E-state index contributed by atoms with van der Waals surface area (Å²) in [4.78, 5) is 19.1. The van der Waals surface area contributed by atoms with E-state index in [0.717, 1.165) is 25.1 Å². The summed E-state index contributed by atoms with van der Waals surface area (Å²) in [7, 11) is 0. The van der Waals surface area contributed by atoms with Crippen molar-refractivity contribution < 1.29 is 4.79 Å². The van der Waals surface area contributed by atoms with E-state index >= 15 is 0 Å². The first-order chi connectivity index (χ1) is 9.35. The molecule has 1 aromatic rings. The van der Waals surface area contributed by atoms with E-state index in [1.165, 1.54) is 0 Å². The van der Waals surface area contributed by atoms with Crippen molar-refractivity contribution in [1.29, 1.82) is 0 Å². The Hall–Kier alpha value is -1.62. The molecule has 1 aliphatic heterocycles. The van der Waals surface area contributed by atoms with E-state index in [0.29, 0.717) is 11.4 Å². The number of pyridine rings is 1. The Morgan fingerprint density at radius 3 is 2.65 bits per heavy atom. The molecule has 1 amide bonds. The van der Waals surface area contributed by atoms with Crippen LogP contribution in [0, 0.1) is 0 Å². The van der Waals surface area contributed by atoms with Crippen LogP contribution in [-0.2, 0) is 0 Å². The number of aromatic nitrogens is 1. The molecule has 3 N–H and O–H groups in total. The number of hydrogen-bond donors (Lipinski definition) is 2. The Bertz CT molecular complexity index is 511. The number of nitrogens with one attached hydrogen (secondary N) is 1. The zero-order chi connectivity index (χ0) is 14.9. The topological polar surface area (TPSA) is 71.2 Å². The van der Waals surface area contributed by atoms with Crippen LogP contribution in [0.5, 0.6) is 0 Å². The minimum atomic E-state index is -0.0747. The molecule has 1 saturated heterocycles. The first kappa shape index (κ1) is 14.8. The van der Waals surface area contributed by atoms with Crippen LogP contribution in [0.25, 0.3) is 0 Å². The van der Waals surface area contributed by atoms with Crippen LogP contribution in [0.3, 0.4) is 0 Å². The average molecular weight is 276 g/mol. The highest BCUT2D eigenvalue weighted by molar-refractivity contribution is 5.95. The quantitative estimate of drug-likeness (QED) is 0.657. The van der Waals surface area contributed by atoms with Crippen molar-refractivity contribution >= 4 is 11.7 Å². The number of hydrogen-bond acceptors (Lipinski definition) is 4. The molecule has 0 atom stereocenters. The number of nitrogen functional groups attached to an aromatic ring is 1. The van der Waals surface area contributed by atoms with Gasteiger partial charge in [0.15, 0.2) is 0 Å². The lowest BCUT2D eigenvalue weighted by Gasteiger charge is -2.32. The number of anilines is 1. The van der Waals surface area contributed by atoms with Gasteiger partial charge < -0.3 is 10.3 Å². The molecule has 0 aromatic carbocycles. The molecule has 2 rings (SSSR count). The van der Waals surface area contributed by atoms with E-state index in [1.54, 1.807) is 6.07 Å². The van der Waals surface area contributed by atoms with Gasteiger partial charge in [-0.05, 0) is 44.7 Å². The Labute approximate surface area is 120 Å². The van der Waals surface area contributed by atoms with Crippen LogP contribution in [0.1, 0.15) is 62.5 Å². The lowest BCUT2D eigenvalue weighted by molar-refractivity contribution is 0.0652. The molecular formula is C15H24N4O. The van der Waals surface area contributed by atoms with Gasteiger partial charge in [-0.2, -0.15) is 0 Å². The van der Waals surface area contributed by atoms with Gasteiger partial charge in [0.2, 0.25) is 0 Å². The SMILES string of the molecule is CC(C)c1cc(C(=O)N2CCCC2(C)C)cc(NN)n1. The number of likely N-dealkylation sites (tertiary alicyclic amines) is 1. The second-order valence-corrected chi connectivity index (χ2v) is 6.34. The van der Waals surface area contributed by atoms with Crippen molar-refractivity contribution in [2.75, 3.05) is 12.0 Å². The second kappa shape index (κ2) is 5.40. The summed E-state index contributed by atoms with van der Waals surface area (Å²) in [6.07, 6.45) is 2.10. The second-order valence-electron chi connectivity index (χ2n) is 6.34. The summed E-state index contributed by atoms with van der Waals surface area (Å²) in [5.41, 5.74) is 4.01. The predicted molar refractivity (Wildman–Crippen MR) is 80.5 cm³/mol. The van der Waals surface area contributed by atoms with Gasteiger partial charge in [0.1, 0.15) is 5.82 Å². The van der Waals surface area contributed by atoms with E-state index in [9.17, 15) is 4.79 Å². The molecule has 0 bridgehead atoms. The van der Waals surface area contributed by atoms with E-state index in [2.05, 4.69) is 38.1 Å². The van der Waals surface area contributed by atoms with E-state index in [4.69, 9.17) is 5.84 Å². The lowest BCUT2D eigenvalue weighted by atomic mass is 10.0.